The minimum Gasteiger partial charge on any atom is -0.310 e. The average molecular weight is 522 g/mol. The number of fused-ring (bicyclic) bond motifs is 5. The number of hydrogen-bond acceptors (Lipinski definition) is 1. The Balaban J connectivity index is 1.49. The van der Waals surface area contributed by atoms with Gasteiger partial charge in [-0.15, -0.1) is 0 Å². The summed E-state index contributed by atoms with van der Waals surface area (Å²) in [5.74, 6) is 0. The Hall–Kier alpha value is -4.33. The molecule has 0 N–H and O–H groups in total. The van der Waals surface area contributed by atoms with E-state index in [-0.39, 0.29) is 5.41 Å². The van der Waals surface area contributed by atoms with Gasteiger partial charge in [-0.1, -0.05) is 110 Å². The number of benzene rings is 6. The number of hydrogen-bond donors (Lipinski definition) is 0. The molecule has 188 valence electrons. The van der Waals surface area contributed by atoms with Crippen molar-refractivity contribution in [1.82, 2.24) is 0 Å². The third-order valence-electron chi connectivity index (χ3n) is 8.04. The van der Waals surface area contributed by atoms with Gasteiger partial charge in [0.15, 0.2) is 0 Å². The van der Waals surface area contributed by atoms with E-state index in [1.54, 1.807) is 0 Å². The molecule has 0 spiro atoms. The molecule has 0 heterocycles. The molecular formula is C37H28ClN. The maximum absolute atomic E-state index is 6.89. The first-order valence-electron chi connectivity index (χ1n) is 13.4. The molecule has 6 aromatic rings. The third-order valence-corrected chi connectivity index (χ3v) is 8.26. The Morgan fingerprint density at radius 1 is 0.513 bits per heavy atom. The van der Waals surface area contributed by atoms with Gasteiger partial charge in [0.2, 0.25) is 0 Å². The summed E-state index contributed by atoms with van der Waals surface area (Å²) in [5, 5.41) is 3.26. The van der Waals surface area contributed by atoms with E-state index in [1.165, 1.54) is 38.6 Å². The predicted molar refractivity (Wildman–Crippen MR) is 167 cm³/mol. The van der Waals surface area contributed by atoms with Crippen LogP contribution in [0, 0.1) is 0 Å². The van der Waals surface area contributed by atoms with Gasteiger partial charge in [-0.2, -0.15) is 0 Å². The Bertz CT molecular complexity index is 1800. The maximum atomic E-state index is 6.89. The highest BCUT2D eigenvalue weighted by atomic mass is 35.5. The monoisotopic (exact) mass is 521 g/mol. The van der Waals surface area contributed by atoms with E-state index in [1.807, 2.05) is 12.1 Å². The van der Waals surface area contributed by atoms with Crippen molar-refractivity contribution >= 4 is 39.4 Å². The molecule has 39 heavy (non-hydrogen) atoms. The van der Waals surface area contributed by atoms with Crippen LogP contribution in [-0.4, -0.2) is 0 Å². The number of halogens is 1. The summed E-state index contributed by atoms with van der Waals surface area (Å²) in [4.78, 5) is 2.27. The highest BCUT2D eigenvalue weighted by Crippen LogP contribution is 2.53. The van der Waals surface area contributed by atoms with Gasteiger partial charge in [-0.25, -0.2) is 0 Å². The summed E-state index contributed by atoms with van der Waals surface area (Å²) in [7, 11) is 0. The van der Waals surface area contributed by atoms with Gasteiger partial charge in [0.05, 0.1) is 0 Å². The molecule has 7 rings (SSSR count). The van der Waals surface area contributed by atoms with Crippen LogP contribution in [0.5, 0.6) is 0 Å². The van der Waals surface area contributed by atoms with Crippen LogP contribution in [0.25, 0.3) is 33.0 Å². The predicted octanol–water partition coefficient (Wildman–Crippen LogP) is 10.9. The lowest BCUT2D eigenvalue weighted by molar-refractivity contribution is 0.666. The van der Waals surface area contributed by atoms with Crippen LogP contribution in [0.1, 0.15) is 25.0 Å². The smallest absolute Gasteiger partial charge is 0.0482 e. The van der Waals surface area contributed by atoms with Gasteiger partial charge in [0, 0.05) is 27.5 Å². The third kappa shape index (κ3) is 3.85. The van der Waals surface area contributed by atoms with E-state index in [0.717, 1.165) is 22.6 Å². The Kier molecular flexibility index (Phi) is 5.58. The number of nitrogens with zero attached hydrogens (tertiary/aromatic N) is 1. The van der Waals surface area contributed by atoms with Crippen LogP contribution in [0.2, 0.25) is 5.02 Å². The van der Waals surface area contributed by atoms with Crippen LogP contribution in [0.3, 0.4) is 0 Å². The fourth-order valence-corrected chi connectivity index (χ4v) is 6.59. The van der Waals surface area contributed by atoms with Crippen molar-refractivity contribution in [2.45, 2.75) is 19.3 Å². The summed E-state index contributed by atoms with van der Waals surface area (Å²) in [5.41, 5.74) is 10.9. The minimum atomic E-state index is -0.0685. The first-order chi connectivity index (χ1) is 19.0. The fourth-order valence-electron chi connectivity index (χ4n) is 6.36. The Morgan fingerprint density at radius 3 is 1.79 bits per heavy atom. The lowest BCUT2D eigenvalue weighted by Crippen LogP contribution is -2.15. The van der Waals surface area contributed by atoms with Gasteiger partial charge >= 0.3 is 0 Å². The van der Waals surface area contributed by atoms with E-state index in [0.29, 0.717) is 5.02 Å². The summed E-state index contributed by atoms with van der Waals surface area (Å²) < 4.78 is 0. The average Bonchev–Trinajstić information content (AvgIpc) is 3.20. The van der Waals surface area contributed by atoms with Crippen molar-refractivity contribution in [3.8, 4) is 22.3 Å². The molecular weight excluding hydrogens is 494 g/mol. The van der Waals surface area contributed by atoms with Crippen LogP contribution in [0.15, 0.2) is 133 Å². The van der Waals surface area contributed by atoms with Crippen LogP contribution < -0.4 is 4.90 Å². The molecule has 0 unspecified atom stereocenters. The molecule has 0 saturated heterocycles. The second-order valence-electron chi connectivity index (χ2n) is 10.8. The van der Waals surface area contributed by atoms with E-state index < -0.39 is 0 Å². The molecule has 2 heteroatoms. The molecule has 6 aromatic carbocycles. The van der Waals surface area contributed by atoms with Crippen LogP contribution in [-0.2, 0) is 5.41 Å². The summed E-state index contributed by atoms with van der Waals surface area (Å²) in [6.45, 7) is 4.69. The molecule has 0 radical (unpaired) electrons. The second-order valence-corrected chi connectivity index (χ2v) is 11.2. The van der Waals surface area contributed by atoms with E-state index >= 15 is 0 Å². The van der Waals surface area contributed by atoms with Crippen molar-refractivity contribution in [2.75, 3.05) is 4.90 Å². The van der Waals surface area contributed by atoms with Crippen molar-refractivity contribution in [1.29, 1.82) is 0 Å². The van der Waals surface area contributed by atoms with Crippen LogP contribution in [0.4, 0.5) is 17.1 Å². The van der Waals surface area contributed by atoms with Gasteiger partial charge in [0.25, 0.3) is 0 Å². The molecule has 0 amide bonds. The highest BCUT2D eigenvalue weighted by molar-refractivity contribution is 6.31. The maximum Gasteiger partial charge on any atom is 0.0482 e. The standard InChI is InChI=1S/C37H28ClN/c1-37(2)35-20-12-11-18-31(35)34-24-33(30-17-9-10-19-32(30)36(34)37)25-21-26(38)23-29(22-25)39(27-13-5-3-6-14-27)28-15-7-4-8-16-28/h3-24H,1-2H3. The molecule has 1 nitrogen and oxygen atoms in total. The highest BCUT2D eigenvalue weighted by Gasteiger charge is 2.37. The first-order valence-corrected chi connectivity index (χ1v) is 13.8. The molecule has 1 aliphatic carbocycles. The molecule has 0 fully saturated rings. The molecule has 0 bridgehead atoms. The zero-order valence-corrected chi connectivity index (χ0v) is 22.8. The van der Waals surface area contributed by atoms with E-state index in [9.17, 15) is 0 Å². The Morgan fingerprint density at radius 2 is 1.10 bits per heavy atom. The number of anilines is 3. The normalized spacial score (nSPS) is 13.2. The summed E-state index contributed by atoms with van der Waals surface area (Å²) in [6.07, 6.45) is 0. The van der Waals surface area contributed by atoms with Crippen molar-refractivity contribution in [2.24, 2.45) is 0 Å². The fraction of sp³-hybridized carbons (Fsp3) is 0.0811. The van der Waals surface area contributed by atoms with Gasteiger partial charge in [0.1, 0.15) is 0 Å². The second kappa shape index (κ2) is 9.15. The quantitative estimate of drug-likeness (QED) is 0.223. The Labute approximate surface area is 234 Å². The zero-order chi connectivity index (χ0) is 26.6. The molecule has 0 aliphatic heterocycles. The lowest BCUT2D eigenvalue weighted by Gasteiger charge is -2.27. The van der Waals surface area contributed by atoms with Crippen molar-refractivity contribution in [3.05, 3.63) is 150 Å². The van der Waals surface area contributed by atoms with Crippen molar-refractivity contribution in [3.63, 3.8) is 0 Å². The molecule has 0 saturated carbocycles. The van der Waals surface area contributed by atoms with Gasteiger partial charge < -0.3 is 4.90 Å². The summed E-state index contributed by atoms with van der Waals surface area (Å²) >= 11 is 6.89. The molecule has 0 atom stereocenters. The van der Waals surface area contributed by atoms with E-state index in [4.69, 9.17) is 11.6 Å². The van der Waals surface area contributed by atoms with Gasteiger partial charge in [-0.05, 0) is 92.7 Å². The van der Waals surface area contributed by atoms with Crippen LogP contribution >= 0.6 is 11.6 Å². The molecule has 0 aromatic heterocycles. The largest absolute Gasteiger partial charge is 0.310 e. The van der Waals surface area contributed by atoms with Gasteiger partial charge in [-0.3, -0.25) is 0 Å². The number of para-hydroxylation sites is 2. The molecule has 1 aliphatic rings. The van der Waals surface area contributed by atoms with Crippen molar-refractivity contribution < 1.29 is 0 Å². The topological polar surface area (TPSA) is 3.24 Å². The summed E-state index contributed by atoms with van der Waals surface area (Å²) in [6, 6.07) is 47.4. The first kappa shape index (κ1) is 23.8. The SMILES string of the molecule is CC1(C)c2ccccc2-c2cc(-c3cc(Cl)cc(N(c4ccccc4)c4ccccc4)c3)c3ccccc3c21. The minimum absolute atomic E-state index is 0.0685. The lowest BCUT2D eigenvalue weighted by atomic mass is 9.79. The van der Waals surface area contributed by atoms with E-state index in [2.05, 4.69) is 140 Å². The zero-order valence-electron chi connectivity index (χ0n) is 22.0. The number of rotatable bonds is 4.